The fraction of sp³-hybridized carbons (Fsp3) is 0.562. The topological polar surface area (TPSA) is 68.5 Å². The Hall–Kier alpha value is -1.95. The normalized spacial score (nSPS) is 18.9. The Kier molecular flexibility index (Phi) is 4.11. The molecular formula is C16H21N3O3. The lowest BCUT2D eigenvalue weighted by Crippen LogP contribution is -2.43. The molecule has 1 aliphatic heterocycles. The van der Waals surface area contributed by atoms with Crippen LogP contribution in [-0.4, -0.2) is 46.7 Å². The fourth-order valence-electron chi connectivity index (χ4n) is 3.05. The minimum absolute atomic E-state index is 0.00574. The number of rotatable bonds is 3. The highest BCUT2D eigenvalue weighted by Gasteiger charge is 2.27. The Balaban J connectivity index is 1.93. The van der Waals surface area contributed by atoms with Crippen LogP contribution in [0, 0.1) is 13.8 Å². The summed E-state index contributed by atoms with van der Waals surface area (Å²) in [6.07, 6.45) is 2.10. The van der Waals surface area contributed by atoms with Gasteiger partial charge in [-0.1, -0.05) is 5.16 Å². The smallest absolute Gasteiger partial charge is 0.258 e. The number of piperidine rings is 1. The lowest BCUT2D eigenvalue weighted by atomic mass is 10.0. The van der Waals surface area contributed by atoms with Crippen LogP contribution < -0.4 is 0 Å². The molecule has 1 amide bonds. The van der Waals surface area contributed by atoms with E-state index in [1.165, 1.54) is 0 Å². The lowest BCUT2D eigenvalue weighted by molar-refractivity contribution is 0.00731. The van der Waals surface area contributed by atoms with E-state index in [2.05, 4.69) is 10.1 Å². The van der Waals surface area contributed by atoms with E-state index in [1.807, 2.05) is 31.7 Å². The van der Waals surface area contributed by atoms with E-state index in [-0.39, 0.29) is 12.0 Å². The van der Waals surface area contributed by atoms with Gasteiger partial charge in [0.25, 0.3) is 11.6 Å². The third kappa shape index (κ3) is 2.70. The van der Waals surface area contributed by atoms with Crippen LogP contribution in [0.3, 0.4) is 0 Å². The minimum atomic E-state index is 0.00574. The number of likely N-dealkylation sites (tertiary alicyclic amines) is 1. The summed E-state index contributed by atoms with van der Waals surface area (Å²) < 4.78 is 10.9. The summed E-state index contributed by atoms with van der Waals surface area (Å²) in [5.41, 5.74) is 2.51. The summed E-state index contributed by atoms with van der Waals surface area (Å²) in [5, 5.41) is 4.65. The van der Waals surface area contributed by atoms with Crippen molar-refractivity contribution < 1.29 is 14.1 Å². The predicted molar refractivity (Wildman–Crippen MR) is 81.8 cm³/mol. The molecular weight excluding hydrogens is 282 g/mol. The molecule has 2 aromatic rings. The largest absolute Gasteiger partial charge is 0.377 e. The van der Waals surface area contributed by atoms with Crippen molar-refractivity contribution >= 4 is 17.0 Å². The predicted octanol–water partition coefficient (Wildman–Crippen LogP) is 2.48. The van der Waals surface area contributed by atoms with E-state index in [4.69, 9.17) is 9.26 Å². The molecule has 1 unspecified atom stereocenters. The SMILES string of the molecule is CCOC1CCCN(C(=O)c2cc(C)nc3onc(C)c23)C1. The second kappa shape index (κ2) is 6.04. The summed E-state index contributed by atoms with van der Waals surface area (Å²) in [6.45, 7) is 7.74. The van der Waals surface area contributed by atoms with Crippen molar-refractivity contribution in [3.63, 3.8) is 0 Å². The summed E-state index contributed by atoms with van der Waals surface area (Å²) in [4.78, 5) is 19.1. The third-order valence-corrected chi connectivity index (χ3v) is 4.04. The number of ether oxygens (including phenoxy) is 1. The number of pyridine rings is 1. The second-order valence-corrected chi connectivity index (χ2v) is 5.73. The zero-order chi connectivity index (χ0) is 15.7. The summed E-state index contributed by atoms with van der Waals surface area (Å²) in [7, 11) is 0. The van der Waals surface area contributed by atoms with Crippen LogP contribution >= 0.6 is 0 Å². The molecule has 2 aromatic heterocycles. The Morgan fingerprint density at radius 1 is 1.50 bits per heavy atom. The zero-order valence-corrected chi connectivity index (χ0v) is 13.3. The molecule has 118 valence electrons. The van der Waals surface area contributed by atoms with Crippen molar-refractivity contribution in [2.45, 2.75) is 39.7 Å². The van der Waals surface area contributed by atoms with E-state index in [1.54, 1.807) is 0 Å². The van der Waals surface area contributed by atoms with Gasteiger partial charge < -0.3 is 14.2 Å². The highest BCUT2D eigenvalue weighted by molar-refractivity contribution is 6.06. The van der Waals surface area contributed by atoms with E-state index in [0.717, 1.165) is 25.1 Å². The number of aromatic nitrogens is 2. The molecule has 1 atom stereocenters. The Labute approximate surface area is 129 Å². The molecule has 1 fully saturated rings. The maximum atomic E-state index is 12.9. The summed E-state index contributed by atoms with van der Waals surface area (Å²) in [6, 6.07) is 1.82. The molecule has 0 aromatic carbocycles. The number of hydrogen-bond donors (Lipinski definition) is 0. The number of carbonyl (C=O) groups is 1. The van der Waals surface area contributed by atoms with Crippen molar-refractivity contribution in [1.29, 1.82) is 0 Å². The van der Waals surface area contributed by atoms with Gasteiger partial charge in [-0.15, -0.1) is 0 Å². The minimum Gasteiger partial charge on any atom is -0.377 e. The quantitative estimate of drug-likeness (QED) is 0.871. The molecule has 6 nitrogen and oxygen atoms in total. The number of fused-ring (bicyclic) bond motifs is 1. The molecule has 0 bridgehead atoms. The molecule has 6 heteroatoms. The van der Waals surface area contributed by atoms with Gasteiger partial charge in [-0.05, 0) is 39.7 Å². The highest BCUT2D eigenvalue weighted by atomic mass is 16.5. The molecule has 3 heterocycles. The third-order valence-electron chi connectivity index (χ3n) is 4.04. The van der Waals surface area contributed by atoms with E-state index in [0.29, 0.717) is 35.5 Å². The molecule has 22 heavy (non-hydrogen) atoms. The van der Waals surface area contributed by atoms with Gasteiger partial charge in [0.05, 0.1) is 22.7 Å². The summed E-state index contributed by atoms with van der Waals surface area (Å²) in [5.74, 6) is 0.00574. The number of nitrogens with zero attached hydrogens (tertiary/aromatic N) is 3. The number of hydrogen-bond acceptors (Lipinski definition) is 5. The monoisotopic (exact) mass is 303 g/mol. The van der Waals surface area contributed by atoms with Crippen molar-refractivity contribution in [3.05, 3.63) is 23.0 Å². The molecule has 0 aliphatic carbocycles. The molecule has 0 N–H and O–H groups in total. The zero-order valence-electron chi connectivity index (χ0n) is 13.3. The van der Waals surface area contributed by atoms with Gasteiger partial charge in [0.1, 0.15) is 0 Å². The Morgan fingerprint density at radius 2 is 2.32 bits per heavy atom. The van der Waals surface area contributed by atoms with Crippen LogP contribution in [0.25, 0.3) is 11.1 Å². The Bertz CT molecular complexity index is 693. The van der Waals surface area contributed by atoms with Crippen LogP contribution in [0.4, 0.5) is 0 Å². The average Bonchev–Trinajstić information content (AvgIpc) is 2.87. The van der Waals surface area contributed by atoms with E-state index in [9.17, 15) is 4.79 Å². The van der Waals surface area contributed by atoms with Gasteiger partial charge in [-0.2, -0.15) is 0 Å². The molecule has 0 saturated carbocycles. The summed E-state index contributed by atoms with van der Waals surface area (Å²) >= 11 is 0. The molecule has 3 rings (SSSR count). The van der Waals surface area contributed by atoms with E-state index >= 15 is 0 Å². The molecule has 0 radical (unpaired) electrons. The first kappa shape index (κ1) is 15.0. The van der Waals surface area contributed by atoms with Crippen molar-refractivity contribution in [3.8, 4) is 0 Å². The first-order chi connectivity index (χ1) is 10.6. The van der Waals surface area contributed by atoms with Gasteiger partial charge in [-0.3, -0.25) is 4.79 Å². The van der Waals surface area contributed by atoms with Crippen LogP contribution in [-0.2, 0) is 4.74 Å². The van der Waals surface area contributed by atoms with Crippen LogP contribution in [0.15, 0.2) is 10.6 Å². The van der Waals surface area contributed by atoms with Crippen LogP contribution in [0.2, 0.25) is 0 Å². The maximum absolute atomic E-state index is 12.9. The van der Waals surface area contributed by atoms with Gasteiger partial charge in [0.2, 0.25) is 0 Å². The molecule has 1 aliphatic rings. The molecule has 1 saturated heterocycles. The van der Waals surface area contributed by atoms with Crippen LogP contribution in [0.1, 0.15) is 41.5 Å². The fourth-order valence-corrected chi connectivity index (χ4v) is 3.05. The lowest BCUT2D eigenvalue weighted by Gasteiger charge is -2.32. The van der Waals surface area contributed by atoms with Crippen molar-refractivity contribution in [2.75, 3.05) is 19.7 Å². The van der Waals surface area contributed by atoms with Crippen molar-refractivity contribution in [2.24, 2.45) is 0 Å². The number of amides is 1. The highest BCUT2D eigenvalue weighted by Crippen LogP contribution is 2.24. The van der Waals surface area contributed by atoms with Crippen LogP contribution in [0.5, 0.6) is 0 Å². The number of aryl methyl sites for hydroxylation is 2. The van der Waals surface area contributed by atoms with Gasteiger partial charge in [-0.25, -0.2) is 4.98 Å². The van der Waals surface area contributed by atoms with E-state index < -0.39 is 0 Å². The standard InChI is InChI=1S/C16H21N3O3/c1-4-21-12-6-5-7-19(9-12)16(20)13-8-10(2)17-15-14(13)11(3)18-22-15/h8,12H,4-7,9H2,1-3H3. The van der Waals surface area contributed by atoms with Crippen molar-refractivity contribution in [1.82, 2.24) is 15.0 Å². The number of carbonyl (C=O) groups excluding carboxylic acids is 1. The molecule has 0 spiro atoms. The van der Waals surface area contributed by atoms with Gasteiger partial charge in [0.15, 0.2) is 0 Å². The van der Waals surface area contributed by atoms with Gasteiger partial charge in [0, 0.05) is 25.4 Å². The average molecular weight is 303 g/mol. The first-order valence-corrected chi connectivity index (χ1v) is 7.74. The second-order valence-electron chi connectivity index (χ2n) is 5.73. The Morgan fingerprint density at radius 3 is 3.09 bits per heavy atom. The first-order valence-electron chi connectivity index (χ1n) is 7.74. The van der Waals surface area contributed by atoms with Gasteiger partial charge >= 0.3 is 0 Å². The maximum Gasteiger partial charge on any atom is 0.258 e.